The van der Waals surface area contributed by atoms with Gasteiger partial charge in [0.05, 0.1) is 5.54 Å². The maximum absolute atomic E-state index is 11.2. The molecule has 4 nitrogen and oxygen atoms in total. The molecule has 64 valence electrons. The second kappa shape index (κ2) is 3.19. The van der Waals surface area contributed by atoms with E-state index in [2.05, 4.69) is 10.6 Å². The number of carbonyl (C=O) groups is 1. The van der Waals surface area contributed by atoms with Crippen molar-refractivity contribution in [1.82, 2.24) is 10.6 Å². The van der Waals surface area contributed by atoms with E-state index in [1.165, 1.54) is 0 Å². The summed E-state index contributed by atoms with van der Waals surface area (Å²) < 4.78 is 0. The molecule has 0 bridgehead atoms. The van der Waals surface area contributed by atoms with E-state index in [9.17, 15) is 4.79 Å². The van der Waals surface area contributed by atoms with Gasteiger partial charge < -0.3 is 16.4 Å². The second-order valence-electron chi connectivity index (χ2n) is 2.99. The summed E-state index contributed by atoms with van der Waals surface area (Å²) in [6.07, 6.45) is 1.46. The average molecular weight is 157 g/mol. The van der Waals surface area contributed by atoms with E-state index in [1.54, 1.807) is 7.05 Å². The summed E-state index contributed by atoms with van der Waals surface area (Å²) >= 11 is 0. The number of rotatable bonds is 1. The fourth-order valence-electron chi connectivity index (χ4n) is 1.35. The van der Waals surface area contributed by atoms with Crippen molar-refractivity contribution in [2.24, 2.45) is 5.73 Å². The molecule has 4 N–H and O–H groups in total. The topological polar surface area (TPSA) is 67.2 Å². The molecule has 1 amide bonds. The second-order valence-corrected chi connectivity index (χ2v) is 2.99. The summed E-state index contributed by atoms with van der Waals surface area (Å²) in [5.41, 5.74) is 5.24. The number of likely N-dealkylation sites (N-methyl/N-ethyl adjacent to an activating group) is 1. The lowest BCUT2D eigenvalue weighted by Gasteiger charge is -2.31. The first-order valence-electron chi connectivity index (χ1n) is 3.91. The van der Waals surface area contributed by atoms with Gasteiger partial charge in [-0.2, -0.15) is 0 Å². The molecule has 1 fully saturated rings. The smallest absolute Gasteiger partial charge is 0.239 e. The molecule has 0 spiro atoms. The number of nitrogens with two attached hydrogens (primary N) is 1. The lowest BCUT2D eigenvalue weighted by Crippen LogP contribution is -2.58. The van der Waals surface area contributed by atoms with Crippen molar-refractivity contribution in [2.75, 3.05) is 20.1 Å². The van der Waals surface area contributed by atoms with Crippen LogP contribution in [0.2, 0.25) is 0 Å². The van der Waals surface area contributed by atoms with Gasteiger partial charge >= 0.3 is 0 Å². The maximum Gasteiger partial charge on any atom is 0.239 e. The Morgan fingerprint density at radius 3 is 2.55 bits per heavy atom. The van der Waals surface area contributed by atoms with E-state index in [-0.39, 0.29) is 5.91 Å². The minimum absolute atomic E-state index is 0.0426. The quantitative estimate of drug-likeness (QED) is 0.448. The fourth-order valence-corrected chi connectivity index (χ4v) is 1.35. The van der Waals surface area contributed by atoms with Crippen LogP contribution in [0.5, 0.6) is 0 Å². The molecular formula is C7H15N3O. The third kappa shape index (κ3) is 1.70. The lowest BCUT2D eigenvalue weighted by molar-refractivity contribution is -0.126. The van der Waals surface area contributed by atoms with Crippen molar-refractivity contribution in [3.63, 3.8) is 0 Å². The van der Waals surface area contributed by atoms with Gasteiger partial charge in [0, 0.05) is 7.05 Å². The lowest BCUT2D eigenvalue weighted by atomic mass is 9.89. The van der Waals surface area contributed by atoms with Crippen molar-refractivity contribution >= 4 is 5.91 Å². The van der Waals surface area contributed by atoms with E-state index in [4.69, 9.17) is 5.73 Å². The summed E-state index contributed by atoms with van der Waals surface area (Å²) in [6.45, 7) is 1.67. The Hall–Kier alpha value is -0.610. The highest BCUT2D eigenvalue weighted by Crippen LogP contribution is 2.14. The number of nitrogens with one attached hydrogen (secondary N) is 2. The van der Waals surface area contributed by atoms with Crippen LogP contribution in [0.15, 0.2) is 0 Å². The van der Waals surface area contributed by atoms with Crippen LogP contribution in [0.25, 0.3) is 0 Å². The molecule has 0 atom stereocenters. The highest BCUT2D eigenvalue weighted by atomic mass is 16.2. The molecule has 0 radical (unpaired) electrons. The number of hydrogen-bond acceptors (Lipinski definition) is 3. The third-order valence-electron chi connectivity index (χ3n) is 2.18. The van der Waals surface area contributed by atoms with Crippen LogP contribution in [0, 0.1) is 0 Å². The molecule has 1 heterocycles. The number of amides is 1. The largest absolute Gasteiger partial charge is 0.358 e. The van der Waals surface area contributed by atoms with Gasteiger partial charge in [-0.1, -0.05) is 0 Å². The predicted octanol–water partition coefficient (Wildman–Crippen LogP) is -1.19. The minimum Gasteiger partial charge on any atom is -0.358 e. The van der Waals surface area contributed by atoms with Gasteiger partial charge in [0.15, 0.2) is 0 Å². The molecule has 0 unspecified atom stereocenters. The summed E-state index contributed by atoms with van der Waals surface area (Å²) in [6, 6.07) is 0. The summed E-state index contributed by atoms with van der Waals surface area (Å²) in [7, 11) is 1.62. The highest BCUT2D eigenvalue weighted by molar-refractivity contribution is 5.85. The van der Waals surface area contributed by atoms with Gasteiger partial charge in [0.25, 0.3) is 0 Å². The summed E-state index contributed by atoms with van der Waals surface area (Å²) in [5.74, 6) is -0.0426. The van der Waals surface area contributed by atoms with Crippen LogP contribution in [-0.4, -0.2) is 31.6 Å². The third-order valence-corrected chi connectivity index (χ3v) is 2.18. The first-order chi connectivity index (χ1) is 5.19. The van der Waals surface area contributed by atoms with Crippen LogP contribution >= 0.6 is 0 Å². The molecule has 11 heavy (non-hydrogen) atoms. The predicted molar refractivity (Wildman–Crippen MR) is 43.1 cm³/mol. The minimum atomic E-state index is -0.625. The molecule has 1 aliphatic rings. The number of carbonyl (C=O) groups excluding carboxylic acids is 1. The van der Waals surface area contributed by atoms with E-state index >= 15 is 0 Å². The van der Waals surface area contributed by atoms with Gasteiger partial charge in [0.1, 0.15) is 0 Å². The van der Waals surface area contributed by atoms with Gasteiger partial charge in [-0.3, -0.25) is 4.79 Å². The molecule has 0 aromatic carbocycles. The molecule has 0 aromatic heterocycles. The molecule has 1 saturated heterocycles. The first kappa shape index (κ1) is 8.49. The van der Waals surface area contributed by atoms with Crippen molar-refractivity contribution in [1.29, 1.82) is 0 Å². The van der Waals surface area contributed by atoms with Gasteiger partial charge in [-0.05, 0) is 25.9 Å². The van der Waals surface area contributed by atoms with Crippen LogP contribution < -0.4 is 16.4 Å². The fraction of sp³-hybridized carbons (Fsp3) is 0.857. The normalized spacial score (nSPS) is 22.7. The van der Waals surface area contributed by atoms with Gasteiger partial charge in [0.2, 0.25) is 5.91 Å². The van der Waals surface area contributed by atoms with Crippen molar-refractivity contribution in [2.45, 2.75) is 18.4 Å². The zero-order valence-electron chi connectivity index (χ0n) is 6.81. The summed E-state index contributed by atoms with van der Waals surface area (Å²) in [5, 5.41) is 5.74. The van der Waals surface area contributed by atoms with Crippen LogP contribution in [0.4, 0.5) is 0 Å². The number of piperidine rings is 1. The highest BCUT2D eigenvalue weighted by Gasteiger charge is 2.34. The zero-order valence-corrected chi connectivity index (χ0v) is 6.81. The van der Waals surface area contributed by atoms with E-state index < -0.39 is 5.54 Å². The van der Waals surface area contributed by atoms with Crippen LogP contribution in [-0.2, 0) is 4.79 Å². The first-order valence-corrected chi connectivity index (χ1v) is 3.91. The Balaban J connectivity index is 2.56. The molecule has 4 heteroatoms. The molecule has 0 aliphatic carbocycles. The van der Waals surface area contributed by atoms with Gasteiger partial charge in [-0.25, -0.2) is 0 Å². The van der Waals surface area contributed by atoms with Crippen molar-refractivity contribution < 1.29 is 4.79 Å². The standard InChI is InChI=1S/C7H15N3O/c1-9-6(11)7(8)2-4-10-5-3-7/h10H,2-5,8H2,1H3,(H,9,11). The average Bonchev–Trinajstić information content (AvgIpc) is 2.04. The Labute approximate surface area is 66.5 Å². The molecule has 1 aliphatic heterocycles. The van der Waals surface area contributed by atoms with Crippen molar-refractivity contribution in [3.05, 3.63) is 0 Å². The summed E-state index contributed by atoms with van der Waals surface area (Å²) in [4.78, 5) is 11.2. The monoisotopic (exact) mass is 157 g/mol. The molecule has 1 rings (SSSR count). The Bertz CT molecular complexity index is 152. The van der Waals surface area contributed by atoms with E-state index in [0.29, 0.717) is 0 Å². The van der Waals surface area contributed by atoms with E-state index in [1.807, 2.05) is 0 Å². The Morgan fingerprint density at radius 1 is 1.55 bits per heavy atom. The number of hydrogen-bond donors (Lipinski definition) is 3. The Morgan fingerprint density at radius 2 is 2.09 bits per heavy atom. The van der Waals surface area contributed by atoms with Crippen LogP contribution in [0.1, 0.15) is 12.8 Å². The SMILES string of the molecule is CNC(=O)C1(N)CCNCC1. The zero-order chi connectivity index (χ0) is 8.32. The molecule has 0 saturated carbocycles. The maximum atomic E-state index is 11.2. The van der Waals surface area contributed by atoms with E-state index in [0.717, 1.165) is 25.9 Å². The van der Waals surface area contributed by atoms with Gasteiger partial charge in [-0.15, -0.1) is 0 Å². The van der Waals surface area contributed by atoms with Crippen LogP contribution in [0.3, 0.4) is 0 Å². The van der Waals surface area contributed by atoms with Crippen molar-refractivity contribution in [3.8, 4) is 0 Å². The molecular weight excluding hydrogens is 142 g/mol. The molecule has 0 aromatic rings. The Kier molecular flexibility index (Phi) is 2.46.